The molecule has 1 fully saturated rings. The van der Waals surface area contributed by atoms with Crippen molar-refractivity contribution in [2.45, 2.75) is 0 Å². The highest BCUT2D eigenvalue weighted by Crippen LogP contribution is 2.41. The number of imide groups is 2. The molecular weight excluding hydrogens is 567 g/mol. The molecule has 0 aromatic heterocycles. The number of nitro benzene ring substituents is 2. The van der Waals surface area contributed by atoms with Gasteiger partial charge in [0, 0.05) is 16.7 Å². The van der Waals surface area contributed by atoms with Crippen molar-refractivity contribution in [3.05, 3.63) is 101 Å². The van der Waals surface area contributed by atoms with Crippen LogP contribution in [0, 0.1) is 20.2 Å². The number of nitrogens with zero attached hydrogens (tertiary/aromatic N) is 3. The Morgan fingerprint density at radius 1 is 0.895 bits per heavy atom. The Hall–Kier alpha value is -4.52. The molecule has 4 rings (SSSR count). The minimum Gasteiger partial charge on any atom is -0.448 e. The monoisotopic (exact) mass is 576 g/mol. The molecule has 4 amide bonds. The van der Waals surface area contributed by atoms with E-state index in [1.54, 1.807) is 6.07 Å². The fourth-order valence-electron chi connectivity index (χ4n) is 3.42. The molecule has 0 unspecified atom stereocenters. The molecule has 15 heteroatoms. The summed E-state index contributed by atoms with van der Waals surface area (Å²) >= 11 is 18.5. The summed E-state index contributed by atoms with van der Waals surface area (Å²) in [7, 11) is 0. The predicted molar refractivity (Wildman–Crippen MR) is 137 cm³/mol. The number of non-ortho nitro benzene ring substituents is 1. The highest BCUT2D eigenvalue weighted by atomic mass is 35.5. The number of nitrogens with one attached hydrogen (secondary N) is 1. The molecule has 0 bridgehead atoms. The predicted octanol–water partition coefficient (Wildman–Crippen LogP) is 5.92. The number of para-hydroxylation sites is 1. The molecule has 1 N–H and O–H groups in total. The molecule has 0 spiro atoms. The first kappa shape index (κ1) is 26.5. The van der Waals surface area contributed by atoms with Crippen LogP contribution in [-0.2, 0) is 9.59 Å². The summed E-state index contributed by atoms with van der Waals surface area (Å²) < 4.78 is 5.64. The van der Waals surface area contributed by atoms with E-state index in [1.807, 2.05) is 5.32 Å². The number of amides is 4. The average molecular weight is 578 g/mol. The maximum atomic E-state index is 13.2. The number of rotatable bonds is 6. The molecule has 3 aromatic rings. The van der Waals surface area contributed by atoms with Gasteiger partial charge in [-0.05, 0) is 36.4 Å². The lowest BCUT2D eigenvalue weighted by molar-refractivity contribution is -0.394. The first-order chi connectivity index (χ1) is 18.0. The van der Waals surface area contributed by atoms with Crippen molar-refractivity contribution < 1.29 is 29.0 Å². The topological polar surface area (TPSA) is 162 Å². The molecule has 12 nitrogen and oxygen atoms in total. The van der Waals surface area contributed by atoms with Crippen molar-refractivity contribution in [2.24, 2.45) is 0 Å². The maximum Gasteiger partial charge on any atom is 0.335 e. The third-order valence-corrected chi connectivity index (χ3v) is 5.91. The molecule has 1 saturated heterocycles. The molecule has 0 radical (unpaired) electrons. The number of nitro groups is 2. The number of ether oxygens (including phenoxy) is 1. The van der Waals surface area contributed by atoms with Crippen molar-refractivity contribution in [1.29, 1.82) is 0 Å². The Labute approximate surface area is 227 Å². The normalized spacial score (nSPS) is 14.4. The van der Waals surface area contributed by atoms with Crippen LogP contribution in [0.25, 0.3) is 6.08 Å². The Bertz CT molecular complexity index is 1590. The van der Waals surface area contributed by atoms with Crippen LogP contribution in [0.15, 0.2) is 60.2 Å². The second kappa shape index (κ2) is 10.5. The van der Waals surface area contributed by atoms with E-state index < -0.39 is 50.4 Å². The zero-order valence-corrected chi connectivity index (χ0v) is 20.8. The highest BCUT2D eigenvalue weighted by molar-refractivity contribution is 6.42. The molecule has 38 heavy (non-hydrogen) atoms. The quantitative estimate of drug-likeness (QED) is 0.163. The lowest BCUT2D eigenvalue weighted by Crippen LogP contribution is -2.54. The third kappa shape index (κ3) is 5.13. The second-order valence-corrected chi connectivity index (χ2v) is 8.73. The number of urea groups is 1. The molecule has 3 aromatic carbocycles. The van der Waals surface area contributed by atoms with Crippen LogP contribution in [-0.4, -0.2) is 27.7 Å². The van der Waals surface area contributed by atoms with Crippen molar-refractivity contribution in [3.63, 3.8) is 0 Å². The highest BCUT2D eigenvalue weighted by Gasteiger charge is 2.38. The number of halogens is 3. The van der Waals surface area contributed by atoms with Crippen LogP contribution >= 0.6 is 34.8 Å². The molecule has 192 valence electrons. The van der Waals surface area contributed by atoms with Gasteiger partial charge >= 0.3 is 11.7 Å². The molecule has 0 aliphatic carbocycles. The van der Waals surface area contributed by atoms with Gasteiger partial charge in [-0.25, -0.2) is 9.69 Å². The van der Waals surface area contributed by atoms with Crippen LogP contribution < -0.4 is 15.0 Å². The number of anilines is 1. The number of hydrogen-bond donors (Lipinski definition) is 1. The fourth-order valence-corrected chi connectivity index (χ4v) is 4.19. The first-order valence-electron chi connectivity index (χ1n) is 10.2. The van der Waals surface area contributed by atoms with Gasteiger partial charge in [-0.3, -0.25) is 35.1 Å². The van der Waals surface area contributed by atoms with Crippen molar-refractivity contribution in [3.8, 4) is 11.5 Å². The van der Waals surface area contributed by atoms with Gasteiger partial charge in [0.1, 0.15) is 5.57 Å². The van der Waals surface area contributed by atoms with Gasteiger partial charge in [0.15, 0.2) is 5.75 Å². The summed E-state index contributed by atoms with van der Waals surface area (Å²) in [4.78, 5) is 59.9. The van der Waals surface area contributed by atoms with E-state index in [-0.39, 0.29) is 32.1 Å². The molecule has 1 heterocycles. The first-order valence-corrected chi connectivity index (χ1v) is 11.4. The number of hydrogen-bond acceptors (Lipinski definition) is 8. The zero-order valence-electron chi connectivity index (χ0n) is 18.5. The maximum absolute atomic E-state index is 13.2. The summed E-state index contributed by atoms with van der Waals surface area (Å²) in [5.41, 5.74) is -1.89. The largest absolute Gasteiger partial charge is 0.448 e. The van der Waals surface area contributed by atoms with Crippen LogP contribution in [0.5, 0.6) is 11.5 Å². The van der Waals surface area contributed by atoms with Crippen molar-refractivity contribution in [1.82, 2.24) is 5.32 Å². The van der Waals surface area contributed by atoms with E-state index >= 15 is 0 Å². The molecule has 1 aliphatic heterocycles. The summed E-state index contributed by atoms with van der Waals surface area (Å²) in [6.07, 6.45) is 1.03. The summed E-state index contributed by atoms with van der Waals surface area (Å²) in [6.45, 7) is 0. The van der Waals surface area contributed by atoms with E-state index in [2.05, 4.69) is 0 Å². The van der Waals surface area contributed by atoms with Gasteiger partial charge in [-0.1, -0.05) is 46.9 Å². The molecule has 0 saturated carbocycles. The number of barbiturate groups is 1. The summed E-state index contributed by atoms with van der Waals surface area (Å²) in [6, 6.07) is 10.1. The fraction of sp³-hybridized carbons (Fsp3) is 0. The molecular formula is C23H11Cl3N4O8. The lowest BCUT2D eigenvalue weighted by atomic mass is 10.1. The van der Waals surface area contributed by atoms with Crippen LogP contribution in [0.2, 0.25) is 15.1 Å². The van der Waals surface area contributed by atoms with E-state index in [0.717, 1.165) is 18.2 Å². The summed E-state index contributed by atoms with van der Waals surface area (Å²) in [5.74, 6) is -2.76. The standard InChI is InChI=1S/C23H11Cl3N4O8/c24-12-7-11(8-14-21(31)27-23(33)28(22(14)32)17-4-2-1-3-15(17)25)20(16(26)9-12)38-19-6-5-13(29(34)35)10-18(19)30(36)37/h1-10H,(H,27,31,33)/b14-8+. The Balaban J connectivity index is 1.83. The van der Waals surface area contributed by atoms with E-state index in [4.69, 9.17) is 39.5 Å². The number of benzene rings is 3. The van der Waals surface area contributed by atoms with E-state index in [0.29, 0.717) is 11.0 Å². The van der Waals surface area contributed by atoms with E-state index in [1.165, 1.54) is 30.3 Å². The van der Waals surface area contributed by atoms with Gasteiger partial charge in [0.05, 0.1) is 31.6 Å². The van der Waals surface area contributed by atoms with E-state index in [9.17, 15) is 34.6 Å². The van der Waals surface area contributed by atoms with Crippen molar-refractivity contribution in [2.75, 3.05) is 4.90 Å². The van der Waals surface area contributed by atoms with Gasteiger partial charge < -0.3 is 4.74 Å². The SMILES string of the molecule is O=C1NC(=O)N(c2ccccc2Cl)C(=O)/C1=C/c1cc(Cl)cc(Cl)c1Oc1ccc([N+](=O)[O-])cc1[N+](=O)[O-]. The second-order valence-electron chi connectivity index (χ2n) is 7.48. The minimum atomic E-state index is -1.05. The Morgan fingerprint density at radius 2 is 1.61 bits per heavy atom. The average Bonchev–Trinajstić information content (AvgIpc) is 2.84. The van der Waals surface area contributed by atoms with Crippen LogP contribution in [0.4, 0.5) is 21.9 Å². The summed E-state index contributed by atoms with van der Waals surface area (Å²) in [5, 5.41) is 24.6. The Kier molecular flexibility index (Phi) is 7.30. The van der Waals surface area contributed by atoms with Crippen molar-refractivity contribution >= 4 is 75.8 Å². The third-order valence-electron chi connectivity index (χ3n) is 5.09. The number of carbonyl (C=O) groups is 3. The Morgan fingerprint density at radius 3 is 2.26 bits per heavy atom. The smallest absolute Gasteiger partial charge is 0.335 e. The molecule has 0 atom stereocenters. The van der Waals surface area contributed by atoms with Gasteiger partial charge in [0.25, 0.3) is 17.5 Å². The minimum absolute atomic E-state index is 0.0113. The van der Waals surface area contributed by atoms with Crippen LogP contribution in [0.1, 0.15) is 5.56 Å². The van der Waals surface area contributed by atoms with Gasteiger partial charge in [0.2, 0.25) is 5.75 Å². The number of carbonyl (C=O) groups excluding carboxylic acids is 3. The van der Waals surface area contributed by atoms with Gasteiger partial charge in [-0.15, -0.1) is 0 Å². The zero-order chi connectivity index (χ0) is 27.7. The lowest BCUT2D eigenvalue weighted by Gasteiger charge is -2.27. The van der Waals surface area contributed by atoms with Crippen LogP contribution in [0.3, 0.4) is 0 Å². The molecule has 1 aliphatic rings. The van der Waals surface area contributed by atoms with Gasteiger partial charge in [-0.2, -0.15) is 0 Å².